The van der Waals surface area contributed by atoms with Crippen molar-refractivity contribution in [3.63, 3.8) is 0 Å². The van der Waals surface area contributed by atoms with Gasteiger partial charge in [-0.3, -0.25) is 9.69 Å². The molecule has 2 aromatic carbocycles. The zero-order chi connectivity index (χ0) is 24.5. The van der Waals surface area contributed by atoms with Crippen molar-refractivity contribution in [2.24, 2.45) is 0 Å². The van der Waals surface area contributed by atoms with Gasteiger partial charge in [0.15, 0.2) is 17.3 Å². The number of nitrogens with zero attached hydrogens (tertiary/aromatic N) is 5. The fourth-order valence-electron chi connectivity index (χ4n) is 4.91. The predicted octanol–water partition coefficient (Wildman–Crippen LogP) is 2.93. The first-order chi connectivity index (χ1) is 17.6. The summed E-state index contributed by atoms with van der Waals surface area (Å²) in [7, 11) is 0. The molecule has 186 valence electrons. The first-order valence-electron chi connectivity index (χ1n) is 12.2. The molecule has 0 radical (unpaired) electrons. The Morgan fingerprint density at radius 3 is 2.92 bits per heavy atom. The average Bonchev–Trinajstić information content (AvgIpc) is 3.63. The van der Waals surface area contributed by atoms with E-state index in [9.17, 15) is 4.79 Å². The third kappa shape index (κ3) is 4.69. The molecule has 1 fully saturated rings. The zero-order valence-corrected chi connectivity index (χ0v) is 20.1. The number of fused-ring (bicyclic) bond motifs is 2. The second-order valence-electron chi connectivity index (χ2n) is 9.41. The highest BCUT2D eigenvalue weighted by molar-refractivity contribution is 5.81. The molecule has 1 N–H and O–H groups in total. The van der Waals surface area contributed by atoms with Crippen LogP contribution in [-0.2, 0) is 30.9 Å². The Bertz CT molecular complexity index is 1440. The van der Waals surface area contributed by atoms with Gasteiger partial charge in [-0.2, -0.15) is 0 Å². The highest BCUT2D eigenvalue weighted by Gasteiger charge is 2.21. The quantitative estimate of drug-likeness (QED) is 0.403. The van der Waals surface area contributed by atoms with E-state index >= 15 is 0 Å². The van der Waals surface area contributed by atoms with Crippen LogP contribution in [0.1, 0.15) is 35.4 Å². The van der Waals surface area contributed by atoms with Crippen LogP contribution in [0.5, 0.6) is 11.5 Å². The van der Waals surface area contributed by atoms with E-state index in [0.29, 0.717) is 31.7 Å². The van der Waals surface area contributed by atoms with E-state index < -0.39 is 0 Å². The zero-order valence-electron chi connectivity index (χ0n) is 20.1. The van der Waals surface area contributed by atoms with Crippen LogP contribution < -0.4 is 15.0 Å². The summed E-state index contributed by atoms with van der Waals surface area (Å²) in [4.78, 5) is 18.3. The Morgan fingerprint density at radius 2 is 2.03 bits per heavy atom. The maximum absolute atomic E-state index is 13.0. The Balaban J connectivity index is 1.29. The molecule has 2 aromatic heterocycles. The molecule has 0 amide bonds. The summed E-state index contributed by atoms with van der Waals surface area (Å²) in [6.07, 6.45) is 2.19. The Morgan fingerprint density at radius 1 is 1.11 bits per heavy atom. The molecule has 1 atom stereocenters. The second kappa shape index (κ2) is 9.71. The van der Waals surface area contributed by atoms with Crippen LogP contribution in [0.25, 0.3) is 10.9 Å². The van der Waals surface area contributed by atoms with E-state index in [4.69, 9.17) is 14.2 Å². The highest BCUT2D eigenvalue weighted by atomic mass is 16.7. The highest BCUT2D eigenvalue weighted by Crippen LogP contribution is 2.33. The van der Waals surface area contributed by atoms with Gasteiger partial charge in [0.05, 0.1) is 24.7 Å². The van der Waals surface area contributed by atoms with Crippen LogP contribution in [0.15, 0.2) is 47.3 Å². The molecule has 0 unspecified atom stereocenters. The number of aromatic nitrogens is 5. The molecule has 2 aliphatic heterocycles. The maximum atomic E-state index is 13.0. The molecule has 0 spiro atoms. The molecule has 1 saturated heterocycles. The Hall–Kier alpha value is -3.76. The first-order valence-corrected chi connectivity index (χ1v) is 12.2. The lowest BCUT2D eigenvalue weighted by molar-refractivity contribution is 0.0914. The van der Waals surface area contributed by atoms with Gasteiger partial charge in [-0.1, -0.05) is 24.3 Å². The van der Waals surface area contributed by atoms with Gasteiger partial charge in [-0.05, 0) is 64.9 Å². The summed E-state index contributed by atoms with van der Waals surface area (Å²) in [5.74, 6) is 2.21. The smallest absolute Gasteiger partial charge is 0.252 e. The number of rotatable bonds is 8. The van der Waals surface area contributed by atoms with Crippen LogP contribution in [-0.4, -0.2) is 49.6 Å². The van der Waals surface area contributed by atoms with E-state index in [2.05, 4.69) is 25.4 Å². The van der Waals surface area contributed by atoms with Crippen molar-refractivity contribution >= 4 is 10.9 Å². The van der Waals surface area contributed by atoms with Crippen LogP contribution in [0.3, 0.4) is 0 Å². The van der Waals surface area contributed by atoms with Crippen molar-refractivity contribution < 1.29 is 14.2 Å². The molecule has 0 bridgehead atoms. The predicted molar refractivity (Wildman–Crippen MR) is 132 cm³/mol. The van der Waals surface area contributed by atoms with Gasteiger partial charge < -0.3 is 19.2 Å². The van der Waals surface area contributed by atoms with Crippen LogP contribution in [0, 0.1) is 6.92 Å². The number of aromatic amines is 1. The van der Waals surface area contributed by atoms with E-state index in [1.54, 1.807) is 0 Å². The minimum atomic E-state index is -0.0913. The minimum absolute atomic E-state index is 0.0913. The number of hydrogen-bond donors (Lipinski definition) is 1. The lowest BCUT2D eigenvalue weighted by atomic mass is 10.1. The number of benzene rings is 2. The normalized spacial score (nSPS) is 16.9. The van der Waals surface area contributed by atoms with Gasteiger partial charge >= 0.3 is 0 Å². The molecular weight excluding hydrogens is 460 g/mol. The number of ether oxygens (including phenoxy) is 3. The van der Waals surface area contributed by atoms with E-state index in [1.807, 2.05) is 54.1 Å². The third-order valence-electron chi connectivity index (χ3n) is 6.77. The van der Waals surface area contributed by atoms with Gasteiger partial charge in [0.25, 0.3) is 5.56 Å². The molecule has 2 aliphatic rings. The summed E-state index contributed by atoms with van der Waals surface area (Å²) in [5, 5.41) is 13.4. The Labute approximate surface area is 207 Å². The fourth-order valence-corrected chi connectivity index (χ4v) is 4.91. The van der Waals surface area contributed by atoms with E-state index in [0.717, 1.165) is 58.8 Å². The van der Waals surface area contributed by atoms with Gasteiger partial charge in [0.2, 0.25) is 6.79 Å². The van der Waals surface area contributed by atoms with Gasteiger partial charge in [0.1, 0.15) is 0 Å². The maximum Gasteiger partial charge on any atom is 0.252 e. The fraction of sp³-hybridized carbons (Fsp3) is 0.385. The standard InChI is InChI=1S/C26H28N6O4/c1-17-4-2-5-19-11-20(26(33)27-25(17)19)13-31(12-18-7-8-22-23(10-18)36-16-35-22)15-24-28-29-30-32(24)14-21-6-3-9-34-21/h2,4-5,7-8,10-11,21H,3,6,9,12-16H2,1H3,(H,27,33)/t21-/m1/s1. The molecule has 0 aliphatic carbocycles. The molecule has 10 nitrogen and oxygen atoms in total. The van der Waals surface area contributed by atoms with Gasteiger partial charge in [-0.15, -0.1) is 5.10 Å². The number of pyridine rings is 1. The summed E-state index contributed by atoms with van der Waals surface area (Å²) in [5.41, 5.74) is 3.56. The van der Waals surface area contributed by atoms with E-state index in [-0.39, 0.29) is 18.5 Å². The van der Waals surface area contributed by atoms with Crippen LogP contribution in [0.4, 0.5) is 0 Å². The number of H-pyrrole nitrogens is 1. The second-order valence-corrected chi connectivity index (χ2v) is 9.41. The van der Waals surface area contributed by atoms with Crippen LogP contribution >= 0.6 is 0 Å². The Kier molecular flexibility index (Phi) is 6.12. The monoisotopic (exact) mass is 488 g/mol. The number of aryl methyl sites for hydroxylation is 1. The number of tetrazole rings is 1. The number of nitrogens with one attached hydrogen (secondary N) is 1. The van der Waals surface area contributed by atoms with Gasteiger partial charge in [0, 0.05) is 25.3 Å². The average molecular weight is 489 g/mol. The van der Waals surface area contributed by atoms with Crippen molar-refractivity contribution in [2.75, 3.05) is 13.4 Å². The molecular formula is C26H28N6O4. The lowest BCUT2D eigenvalue weighted by Crippen LogP contribution is -2.29. The molecule has 10 heteroatoms. The van der Waals surface area contributed by atoms with Crippen molar-refractivity contribution in [3.05, 3.63) is 75.3 Å². The molecule has 6 rings (SSSR count). The number of hydrogen-bond acceptors (Lipinski definition) is 8. The molecule has 4 aromatic rings. The van der Waals surface area contributed by atoms with E-state index in [1.165, 1.54) is 0 Å². The lowest BCUT2D eigenvalue weighted by Gasteiger charge is -2.22. The molecule has 36 heavy (non-hydrogen) atoms. The van der Waals surface area contributed by atoms with Crippen molar-refractivity contribution in [1.82, 2.24) is 30.1 Å². The van der Waals surface area contributed by atoms with Crippen LogP contribution in [0.2, 0.25) is 0 Å². The van der Waals surface area contributed by atoms with Gasteiger partial charge in [-0.25, -0.2) is 4.68 Å². The topological polar surface area (TPSA) is 107 Å². The third-order valence-corrected chi connectivity index (χ3v) is 6.77. The number of para-hydroxylation sites is 1. The summed E-state index contributed by atoms with van der Waals surface area (Å²) in [6.45, 7) is 5.11. The first kappa shape index (κ1) is 22.7. The van der Waals surface area contributed by atoms with Crippen molar-refractivity contribution in [3.8, 4) is 11.5 Å². The summed E-state index contributed by atoms with van der Waals surface area (Å²) >= 11 is 0. The summed E-state index contributed by atoms with van der Waals surface area (Å²) < 4.78 is 18.6. The SMILES string of the molecule is Cc1cccc2cc(CN(Cc3ccc4c(c3)OCO4)Cc3nnnn3C[C@H]3CCCO3)c(=O)[nH]c12. The minimum Gasteiger partial charge on any atom is -0.454 e. The largest absolute Gasteiger partial charge is 0.454 e. The van der Waals surface area contributed by atoms with Crippen molar-refractivity contribution in [1.29, 1.82) is 0 Å². The molecule has 0 saturated carbocycles. The van der Waals surface area contributed by atoms with Crippen molar-refractivity contribution in [2.45, 2.75) is 52.0 Å². The summed E-state index contributed by atoms with van der Waals surface area (Å²) in [6, 6.07) is 13.9. The molecule has 4 heterocycles.